The minimum absolute atomic E-state index is 0.0677. The summed E-state index contributed by atoms with van der Waals surface area (Å²) in [5, 5.41) is 2.90. The Morgan fingerprint density at radius 3 is 2.36 bits per heavy atom. The lowest BCUT2D eigenvalue weighted by Crippen LogP contribution is -2.48. The van der Waals surface area contributed by atoms with Gasteiger partial charge in [-0.05, 0) is 26.7 Å². The maximum absolute atomic E-state index is 11.8. The van der Waals surface area contributed by atoms with Gasteiger partial charge in [0.05, 0.1) is 10.4 Å². The van der Waals surface area contributed by atoms with Gasteiger partial charge in [-0.25, -0.2) is 0 Å². The predicted octanol–water partition coefficient (Wildman–Crippen LogP) is 1.60. The average molecular weight is 216 g/mol. The van der Waals surface area contributed by atoms with Crippen LogP contribution in [-0.4, -0.2) is 16.9 Å². The molecule has 0 aliphatic rings. The van der Waals surface area contributed by atoms with Crippen LogP contribution < -0.4 is 11.1 Å². The van der Waals surface area contributed by atoms with Crippen LogP contribution in [0.4, 0.5) is 0 Å². The number of rotatable bonds is 5. The van der Waals surface area contributed by atoms with Crippen molar-refractivity contribution in [2.75, 3.05) is 0 Å². The Kier molecular flexibility index (Phi) is 5.05. The zero-order chi connectivity index (χ0) is 11.4. The number of nitrogens with two attached hydrogens (primary N) is 1. The third kappa shape index (κ3) is 2.94. The van der Waals surface area contributed by atoms with E-state index in [1.807, 2.05) is 20.8 Å². The van der Waals surface area contributed by atoms with E-state index >= 15 is 0 Å². The van der Waals surface area contributed by atoms with Crippen molar-refractivity contribution in [3.05, 3.63) is 0 Å². The monoisotopic (exact) mass is 216 g/mol. The number of nitrogens with one attached hydrogen (secondary N) is 1. The minimum atomic E-state index is -0.710. The van der Waals surface area contributed by atoms with Gasteiger partial charge in [-0.15, -0.1) is 0 Å². The molecule has 4 heteroatoms. The fraction of sp³-hybridized carbons (Fsp3) is 0.800. The highest BCUT2D eigenvalue weighted by molar-refractivity contribution is 7.80. The Morgan fingerprint density at radius 1 is 1.57 bits per heavy atom. The summed E-state index contributed by atoms with van der Waals surface area (Å²) in [5.41, 5.74) is 4.86. The van der Waals surface area contributed by atoms with Crippen LogP contribution in [0.3, 0.4) is 0 Å². The minimum Gasteiger partial charge on any atom is -0.392 e. The van der Waals surface area contributed by atoms with E-state index in [9.17, 15) is 4.79 Å². The summed E-state index contributed by atoms with van der Waals surface area (Å²) in [5.74, 6) is -0.0677. The van der Waals surface area contributed by atoms with Crippen LogP contribution in [0.1, 0.15) is 40.5 Å². The molecule has 3 nitrogen and oxygen atoms in total. The zero-order valence-electron chi connectivity index (χ0n) is 9.39. The van der Waals surface area contributed by atoms with Gasteiger partial charge in [0.25, 0.3) is 0 Å². The molecule has 0 radical (unpaired) electrons. The van der Waals surface area contributed by atoms with Gasteiger partial charge < -0.3 is 11.1 Å². The Balaban J connectivity index is 4.55. The first-order valence-corrected chi connectivity index (χ1v) is 5.40. The molecule has 0 aromatic carbocycles. The molecule has 3 N–H and O–H groups in total. The smallest absolute Gasteiger partial charge is 0.232 e. The summed E-state index contributed by atoms with van der Waals surface area (Å²) in [6, 6.07) is 0.169. The summed E-state index contributed by atoms with van der Waals surface area (Å²) >= 11 is 4.91. The van der Waals surface area contributed by atoms with Crippen molar-refractivity contribution in [2.45, 2.75) is 46.6 Å². The largest absolute Gasteiger partial charge is 0.392 e. The average Bonchev–Trinajstić information content (AvgIpc) is 2.15. The van der Waals surface area contributed by atoms with Crippen molar-refractivity contribution in [1.29, 1.82) is 0 Å². The second-order valence-electron chi connectivity index (χ2n) is 3.83. The van der Waals surface area contributed by atoms with Gasteiger partial charge in [-0.3, -0.25) is 4.79 Å². The lowest BCUT2D eigenvalue weighted by atomic mass is 9.86. The first-order valence-electron chi connectivity index (χ1n) is 4.99. The van der Waals surface area contributed by atoms with E-state index in [0.29, 0.717) is 6.42 Å². The maximum Gasteiger partial charge on any atom is 0.232 e. The van der Waals surface area contributed by atoms with Crippen LogP contribution in [-0.2, 0) is 4.79 Å². The Bertz CT molecular complexity index is 230. The Labute approximate surface area is 91.4 Å². The lowest BCUT2D eigenvalue weighted by Gasteiger charge is -2.27. The highest BCUT2D eigenvalue weighted by Gasteiger charge is 2.34. The van der Waals surface area contributed by atoms with Gasteiger partial charge in [0.2, 0.25) is 5.91 Å². The highest BCUT2D eigenvalue weighted by atomic mass is 32.1. The summed E-state index contributed by atoms with van der Waals surface area (Å²) in [6.07, 6.45) is 1.54. The van der Waals surface area contributed by atoms with Gasteiger partial charge in [-0.2, -0.15) is 0 Å². The number of carbonyl (C=O) groups is 1. The van der Waals surface area contributed by atoms with Crippen LogP contribution >= 0.6 is 12.2 Å². The molecule has 1 amide bonds. The van der Waals surface area contributed by atoms with Gasteiger partial charge >= 0.3 is 0 Å². The molecule has 0 rings (SSSR count). The molecule has 0 heterocycles. The lowest BCUT2D eigenvalue weighted by molar-refractivity contribution is -0.127. The quantitative estimate of drug-likeness (QED) is 0.686. The molecule has 0 saturated heterocycles. The van der Waals surface area contributed by atoms with Crippen LogP contribution in [0, 0.1) is 5.41 Å². The third-order valence-corrected chi connectivity index (χ3v) is 3.19. The first kappa shape index (κ1) is 13.4. The van der Waals surface area contributed by atoms with E-state index < -0.39 is 5.41 Å². The predicted molar refractivity (Wildman–Crippen MR) is 63.1 cm³/mol. The van der Waals surface area contributed by atoms with Crippen LogP contribution in [0.15, 0.2) is 0 Å². The fourth-order valence-corrected chi connectivity index (χ4v) is 1.17. The summed E-state index contributed by atoms with van der Waals surface area (Å²) in [4.78, 5) is 12.1. The molecule has 0 saturated carbocycles. The normalized spacial score (nSPS) is 16.9. The van der Waals surface area contributed by atoms with E-state index in [4.69, 9.17) is 18.0 Å². The molecule has 0 aliphatic heterocycles. The molecule has 0 aromatic heterocycles. The van der Waals surface area contributed by atoms with Crippen molar-refractivity contribution in [1.82, 2.24) is 5.32 Å². The first-order chi connectivity index (χ1) is 6.38. The van der Waals surface area contributed by atoms with Crippen molar-refractivity contribution in [3.8, 4) is 0 Å². The number of thiocarbonyl (C=S) groups is 1. The topological polar surface area (TPSA) is 55.1 Å². The molecule has 82 valence electrons. The van der Waals surface area contributed by atoms with Crippen molar-refractivity contribution in [3.63, 3.8) is 0 Å². The summed E-state index contributed by atoms with van der Waals surface area (Å²) < 4.78 is 0. The number of amides is 1. The molecule has 2 atom stereocenters. The third-order valence-electron chi connectivity index (χ3n) is 2.74. The molecule has 0 aliphatic carbocycles. The van der Waals surface area contributed by atoms with Gasteiger partial charge in [0.15, 0.2) is 0 Å². The van der Waals surface area contributed by atoms with E-state index in [1.54, 1.807) is 6.92 Å². The molecule has 0 bridgehead atoms. The second-order valence-corrected chi connectivity index (χ2v) is 4.27. The molecule has 0 spiro atoms. The van der Waals surface area contributed by atoms with Crippen LogP contribution in [0.2, 0.25) is 0 Å². The molecule has 14 heavy (non-hydrogen) atoms. The molecular weight excluding hydrogens is 196 g/mol. The van der Waals surface area contributed by atoms with Crippen LogP contribution in [0.25, 0.3) is 0 Å². The zero-order valence-corrected chi connectivity index (χ0v) is 10.2. The Morgan fingerprint density at radius 2 is 2.07 bits per heavy atom. The molecular formula is C10H20N2OS. The van der Waals surface area contributed by atoms with Gasteiger partial charge in [0, 0.05) is 6.04 Å². The van der Waals surface area contributed by atoms with E-state index in [-0.39, 0.29) is 16.9 Å². The summed E-state index contributed by atoms with van der Waals surface area (Å²) in [7, 11) is 0. The number of hydrogen-bond donors (Lipinski definition) is 2. The van der Waals surface area contributed by atoms with Crippen LogP contribution in [0.5, 0.6) is 0 Å². The molecule has 0 fully saturated rings. The van der Waals surface area contributed by atoms with Gasteiger partial charge in [0.1, 0.15) is 0 Å². The molecule has 0 aromatic rings. The number of hydrogen-bond acceptors (Lipinski definition) is 2. The maximum atomic E-state index is 11.8. The number of carbonyl (C=O) groups excluding carboxylic acids is 1. The second kappa shape index (κ2) is 5.29. The van der Waals surface area contributed by atoms with E-state index in [2.05, 4.69) is 5.32 Å². The summed E-state index contributed by atoms with van der Waals surface area (Å²) in [6.45, 7) is 7.69. The van der Waals surface area contributed by atoms with E-state index in [0.717, 1.165) is 6.42 Å². The van der Waals surface area contributed by atoms with Crippen molar-refractivity contribution < 1.29 is 4.79 Å². The van der Waals surface area contributed by atoms with E-state index in [1.165, 1.54) is 0 Å². The SMILES string of the molecule is CCC(C)NC(=O)C(C)(CC)C(N)=S. The highest BCUT2D eigenvalue weighted by Crippen LogP contribution is 2.21. The van der Waals surface area contributed by atoms with Gasteiger partial charge in [-0.1, -0.05) is 26.1 Å². The standard InChI is InChI=1S/C10H20N2OS/c1-5-7(3)12-9(13)10(4,6-2)8(11)14/h7H,5-6H2,1-4H3,(H2,11,14)(H,12,13). The van der Waals surface area contributed by atoms with Crippen molar-refractivity contribution >= 4 is 23.1 Å². The molecule has 2 unspecified atom stereocenters. The fourth-order valence-electron chi connectivity index (χ4n) is 0.932. The van der Waals surface area contributed by atoms with Crippen molar-refractivity contribution in [2.24, 2.45) is 11.1 Å². The Hall–Kier alpha value is -0.640.